The van der Waals surface area contributed by atoms with E-state index in [1.807, 2.05) is 19.1 Å². The number of rotatable bonds is 3. The molecule has 0 amide bonds. The van der Waals surface area contributed by atoms with Crippen molar-refractivity contribution in [1.29, 1.82) is 0 Å². The van der Waals surface area contributed by atoms with Crippen LogP contribution in [0.5, 0.6) is 5.75 Å². The first-order valence-electron chi connectivity index (χ1n) is 4.54. The molecule has 1 aliphatic carbocycles. The van der Waals surface area contributed by atoms with Crippen LogP contribution in [0.1, 0.15) is 31.2 Å². The molecule has 0 aromatic heterocycles. The Balaban J connectivity index is 2.24. The van der Waals surface area contributed by atoms with Crippen molar-refractivity contribution in [3.8, 4) is 5.75 Å². The lowest BCUT2D eigenvalue weighted by Crippen LogP contribution is -1.94. The number of hydrogen-bond acceptors (Lipinski definition) is 1. The molecule has 0 atom stereocenters. The summed E-state index contributed by atoms with van der Waals surface area (Å²) in [6, 6.07) is 9.08. The first kappa shape index (κ1) is 7.66. The fourth-order valence-electron chi connectivity index (χ4n) is 1.43. The van der Waals surface area contributed by atoms with Crippen LogP contribution >= 0.6 is 0 Å². The summed E-state index contributed by atoms with van der Waals surface area (Å²) in [4.78, 5) is 0. The highest BCUT2D eigenvalue weighted by molar-refractivity contribution is 5.38. The number of ether oxygens (including phenoxy) is 1. The van der Waals surface area contributed by atoms with E-state index < -0.39 is 0 Å². The molecular weight excluding hydrogens is 148 g/mol. The Morgan fingerprint density at radius 1 is 1.58 bits per heavy atom. The van der Waals surface area contributed by atoms with Gasteiger partial charge in [0.2, 0.25) is 0 Å². The highest BCUT2D eigenvalue weighted by atomic mass is 16.5. The molecule has 1 fully saturated rings. The van der Waals surface area contributed by atoms with Crippen molar-refractivity contribution in [2.45, 2.75) is 25.7 Å². The number of benzene rings is 1. The van der Waals surface area contributed by atoms with Crippen LogP contribution in [0.2, 0.25) is 0 Å². The van der Waals surface area contributed by atoms with E-state index in [0.717, 1.165) is 18.3 Å². The third-order valence-corrected chi connectivity index (χ3v) is 2.17. The third-order valence-electron chi connectivity index (χ3n) is 2.17. The van der Waals surface area contributed by atoms with E-state index >= 15 is 0 Å². The lowest BCUT2D eigenvalue weighted by molar-refractivity contribution is 0.336. The van der Waals surface area contributed by atoms with Crippen molar-refractivity contribution < 1.29 is 4.74 Å². The van der Waals surface area contributed by atoms with Gasteiger partial charge in [-0.3, -0.25) is 0 Å². The summed E-state index contributed by atoms with van der Waals surface area (Å²) in [6.45, 7) is 2.77. The second-order valence-corrected chi connectivity index (χ2v) is 3.17. The quantitative estimate of drug-likeness (QED) is 0.662. The van der Waals surface area contributed by atoms with Crippen LogP contribution in [0, 0.1) is 6.07 Å². The zero-order valence-electron chi connectivity index (χ0n) is 7.34. The lowest BCUT2D eigenvalue weighted by atomic mass is 10.1. The van der Waals surface area contributed by atoms with Crippen LogP contribution in [0.25, 0.3) is 0 Å². The Labute approximate surface area is 73.4 Å². The van der Waals surface area contributed by atoms with Gasteiger partial charge in [-0.2, -0.15) is 0 Å². The summed E-state index contributed by atoms with van der Waals surface area (Å²) >= 11 is 0. The van der Waals surface area contributed by atoms with E-state index in [4.69, 9.17) is 4.74 Å². The average Bonchev–Trinajstić information content (AvgIpc) is 2.89. The summed E-state index contributed by atoms with van der Waals surface area (Å²) in [5, 5.41) is 0. The van der Waals surface area contributed by atoms with Crippen molar-refractivity contribution in [2.75, 3.05) is 6.61 Å². The topological polar surface area (TPSA) is 9.23 Å². The Morgan fingerprint density at radius 3 is 3.08 bits per heavy atom. The van der Waals surface area contributed by atoms with Crippen molar-refractivity contribution in [1.82, 2.24) is 0 Å². The van der Waals surface area contributed by atoms with Gasteiger partial charge in [-0.05, 0) is 49.4 Å². The maximum absolute atomic E-state index is 5.52. The first-order chi connectivity index (χ1) is 5.92. The van der Waals surface area contributed by atoms with E-state index in [9.17, 15) is 0 Å². The fraction of sp³-hybridized carbons (Fsp3) is 0.455. The summed E-state index contributed by atoms with van der Waals surface area (Å²) in [6.07, 6.45) is 2.63. The van der Waals surface area contributed by atoms with Gasteiger partial charge in [0.05, 0.1) is 6.61 Å². The monoisotopic (exact) mass is 161 g/mol. The molecule has 0 spiro atoms. The predicted molar refractivity (Wildman–Crippen MR) is 48.4 cm³/mol. The van der Waals surface area contributed by atoms with E-state index in [1.54, 1.807) is 0 Å². The second-order valence-electron chi connectivity index (χ2n) is 3.17. The van der Waals surface area contributed by atoms with Crippen LogP contribution < -0.4 is 4.74 Å². The van der Waals surface area contributed by atoms with E-state index in [1.165, 1.54) is 18.4 Å². The SMILES string of the molecule is CCOc1cc[c]cc1C1CC1. The first-order valence-corrected chi connectivity index (χ1v) is 4.54. The van der Waals surface area contributed by atoms with Gasteiger partial charge >= 0.3 is 0 Å². The summed E-state index contributed by atoms with van der Waals surface area (Å²) < 4.78 is 5.52. The maximum Gasteiger partial charge on any atom is 0.122 e. The molecule has 0 bridgehead atoms. The predicted octanol–water partition coefficient (Wildman–Crippen LogP) is 2.76. The normalized spacial score (nSPS) is 16.1. The van der Waals surface area contributed by atoms with E-state index in [0.29, 0.717) is 0 Å². The van der Waals surface area contributed by atoms with Gasteiger partial charge < -0.3 is 4.74 Å². The maximum atomic E-state index is 5.52. The molecule has 12 heavy (non-hydrogen) atoms. The average molecular weight is 161 g/mol. The smallest absolute Gasteiger partial charge is 0.122 e. The van der Waals surface area contributed by atoms with E-state index in [2.05, 4.69) is 12.1 Å². The van der Waals surface area contributed by atoms with Crippen LogP contribution in [0.15, 0.2) is 18.2 Å². The minimum Gasteiger partial charge on any atom is -0.494 e. The highest BCUT2D eigenvalue weighted by Crippen LogP contribution is 2.43. The van der Waals surface area contributed by atoms with Crippen molar-refractivity contribution in [3.63, 3.8) is 0 Å². The minimum absolute atomic E-state index is 0.754. The van der Waals surface area contributed by atoms with Crippen LogP contribution in [-0.2, 0) is 0 Å². The summed E-state index contributed by atoms with van der Waals surface area (Å²) in [7, 11) is 0. The molecule has 1 aromatic rings. The van der Waals surface area contributed by atoms with Gasteiger partial charge in [0.1, 0.15) is 5.75 Å². The summed E-state index contributed by atoms with van der Waals surface area (Å²) in [5.41, 5.74) is 1.35. The Morgan fingerprint density at radius 2 is 2.42 bits per heavy atom. The van der Waals surface area contributed by atoms with Crippen LogP contribution in [-0.4, -0.2) is 6.61 Å². The number of hydrogen-bond donors (Lipinski definition) is 0. The van der Waals surface area contributed by atoms with Gasteiger partial charge in [-0.25, -0.2) is 0 Å². The molecule has 0 saturated heterocycles. The standard InChI is InChI=1S/C11H13O/c1-2-12-11-6-4-3-5-10(11)9-7-8-9/h4-6,9H,2,7-8H2,1H3. The molecule has 2 rings (SSSR count). The second kappa shape index (κ2) is 3.18. The highest BCUT2D eigenvalue weighted by Gasteiger charge is 2.26. The lowest BCUT2D eigenvalue weighted by Gasteiger charge is -2.07. The molecule has 1 saturated carbocycles. The van der Waals surface area contributed by atoms with Gasteiger partial charge in [-0.1, -0.05) is 6.07 Å². The Bertz CT molecular complexity index is 263. The zero-order valence-corrected chi connectivity index (χ0v) is 7.34. The van der Waals surface area contributed by atoms with Gasteiger partial charge in [0.15, 0.2) is 0 Å². The van der Waals surface area contributed by atoms with E-state index in [-0.39, 0.29) is 0 Å². The van der Waals surface area contributed by atoms with Gasteiger partial charge in [-0.15, -0.1) is 0 Å². The van der Waals surface area contributed by atoms with Crippen molar-refractivity contribution in [3.05, 3.63) is 29.8 Å². The molecule has 1 radical (unpaired) electrons. The Kier molecular flexibility index (Phi) is 2.03. The molecule has 1 aliphatic rings. The van der Waals surface area contributed by atoms with Crippen LogP contribution in [0.4, 0.5) is 0 Å². The zero-order chi connectivity index (χ0) is 8.39. The van der Waals surface area contributed by atoms with Gasteiger partial charge in [0, 0.05) is 0 Å². The third kappa shape index (κ3) is 1.45. The molecule has 0 unspecified atom stereocenters. The molecule has 1 aromatic carbocycles. The minimum atomic E-state index is 0.754. The summed E-state index contributed by atoms with van der Waals surface area (Å²) in [5.74, 6) is 1.81. The molecule has 63 valence electrons. The fourth-order valence-corrected chi connectivity index (χ4v) is 1.43. The Hall–Kier alpha value is -0.980. The van der Waals surface area contributed by atoms with Gasteiger partial charge in [0.25, 0.3) is 0 Å². The molecule has 0 aliphatic heterocycles. The largest absolute Gasteiger partial charge is 0.494 e. The van der Waals surface area contributed by atoms with Crippen molar-refractivity contribution in [2.24, 2.45) is 0 Å². The molecular formula is C11H13O. The molecule has 1 nitrogen and oxygen atoms in total. The van der Waals surface area contributed by atoms with Crippen LogP contribution in [0.3, 0.4) is 0 Å². The van der Waals surface area contributed by atoms with Crippen molar-refractivity contribution >= 4 is 0 Å². The molecule has 1 heteroatoms. The molecule has 0 heterocycles. The molecule has 0 N–H and O–H groups in total.